The van der Waals surface area contributed by atoms with Gasteiger partial charge < -0.3 is 5.73 Å². The van der Waals surface area contributed by atoms with Crippen LogP contribution >= 0.6 is 0 Å². The zero-order valence-electron chi connectivity index (χ0n) is 7.88. The van der Waals surface area contributed by atoms with Crippen molar-refractivity contribution in [3.05, 3.63) is 42.2 Å². The second-order valence-electron chi connectivity index (χ2n) is 2.99. The molecular weight excluding hydrogens is 188 g/mol. The van der Waals surface area contributed by atoms with Crippen molar-refractivity contribution in [1.29, 1.82) is 5.26 Å². The van der Waals surface area contributed by atoms with Gasteiger partial charge in [-0.3, -0.25) is 9.97 Å². The van der Waals surface area contributed by atoms with E-state index < -0.39 is 0 Å². The number of aromatic nitrogens is 2. The van der Waals surface area contributed by atoms with Crippen LogP contribution in [-0.2, 0) is 0 Å². The lowest BCUT2D eigenvalue weighted by Gasteiger charge is -2.02. The zero-order valence-corrected chi connectivity index (χ0v) is 7.88. The van der Waals surface area contributed by atoms with Crippen LogP contribution in [0.5, 0.6) is 0 Å². The van der Waals surface area contributed by atoms with E-state index in [9.17, 15) is 0 Å². The lowest BCUT2D eigenvalue weighted by molar-refractivity contribution is 1.24. The van der Waals surface area contributed by atoms with E-state index in [0.29, 0.717) is 22.6 Å². The van der Waals surface area contributed by atoms with E-state index in [1.807, 2.05) is 6.07 Å². The van der Waals surface area contributed by atoms with Gasteiger partial charge in [-0.25, -0.2) is 0 Å². The highest BCUT2D eigenvalue weighted by molar-refractivity contribution is 5.69. The summed E-state index contributed by atoms with van der Waals surface area (Å²) in [7, 11) is 0. The van der Waals surface area contributed by atoms with Crippen LogP contribution in [0.25, 0.3) is 11.4 Å². The van der Waals surface area contributed by atoms with Crippen LogP contribution in [0.15, 0.2) is 36.7 Å². The molecular formula is C11H8N4. The first-order chi connectivity index (χ1) is 7.31. The minimum Gasteiger partial charge on any atom is -0.397 e. The Kier molecular flexibility index (Phi) is 2.30. The Labute approximate surface area is 87.0 Å². The molecule has 2 heterocycles. The minimum atomic E-state index is 0.522. The summed E-state index contributed by atoms with van der Waals surface area (Å²) in [5.41, 5.74) is 8.17. The van der Waals surface area contributed by atoms with Crippen molar-refractivity contribution in [3.8, 4) is 17.5 Å². The SMILES string of the molecule is N#Cc1ccc(-c2ncccc2N)nc1. The van der Waals surface area contributed by atoms with E-state index in [0.717, 1.165) is 0 Å². The quantitative estimate of drug-likeness (QED) is 0.751. The number of hydrogen-bond donors (Lipinski definition) is 1. The molecule has 2 aromatic heterocycles. The molecule has 4 nitrogen and oxygen atoms in total. The topological polar surface area (TPSA) is 75.6 Å². The van der Waals surface area contributed by atoms with Gasteiger partial charge in [-0.2, -0.15) is 5.26 Å². The highest BCUT2D eigenvalue weighted by Crippen LogP contribution is 2.20. The second kappa shape index (κ2) is 3.76. The van der Waals surface area contributed by atoms with Crippen LogP contribution < -0.4 is 5.73 Å². The van der Waals surface area contributed by atoms with Crippen molar-refractivity contribution < 1.29 is 0 Å². The van der Waals surface area contributed by atoms with Crippen LogP contribution in [0.2, 0.25) is 0 Å². The molecule has 0 fully saturated rings. The zero-order chi connectivity index (χ0) is 10.7. The van der Waals surface area contributed by atoms with Gasteiger partial charge in [-0.15, -0.1) is 0 Å². The van der Waals surface area contributed by atoms with E-state index in [-0.39, 0.29) is 0 Å². The smallest absolute Gasteiger partial charge is 0.111 e. The second-order valence-corrected chi connectivity index (χ2v) is 2.99. The number of nitrogen functional groups attached to an aromatic ring is 1. The summed E-state index contributed by atoms with van der Waals surface area (Å²) in [6, 6.07) is 8.96. The monoisotopic (exact) mass is 196 g/mol. The maximum absolute atomic E-state index is 8.62. The van der Waals surface area contributed by atoms with Gasteiger partial charge in [-0.1, -0.05) is 0 Å². The van der Waals surface area contributed by atoms with Gasteiger partial charge in [0.1, 0.15) is 11.8 Å². The third-order valence-electron chi connectivity index (χ3n) is 1.97. The summed E-state index contributed by atoms with van der Waals surface area (Å²) in [5, 5.41) is 8.62. The summed E-state index contributed by atoms with van der Waals surface area (Å²) in [6.45, 7) is 0. The Morgan fingerprint density at radius 3 is 2.67 bits per heavy atom. The summed E-state index contributed by atoms with van der Waals surface area (Å²) >= 11 is 0. The first-order valence-electron chi connectivity index (χ1n) is 4.38. The van der Waals surface area contributed by atoms with Gasteiger partial charge in [-0.05, 0) is 24.3 Å². The number of hydrogen-bond acceptors (Lipinski definition) is 4. The molecule has 0 saturated heterocycles. The fraction of sp³-hybridized carbons (Fsp3) is 0. The first kappa shape index (κ1) is 9.16. The average Bonchev–Trinajstić information content (AvgIpc) is 2.30. The molecule has 0 saturated carbocycles. The molecule has 0 amide bonds. The molecule has 0 aliphatic rings. The van der Waals surface area contributed by atoms with Crippen molar-refractivity contribution in [2.24, 2.45) is 0 Å². The Balaban J connectivity index is 2.47. The van der Waals surface area contributed by atoms with Gasteiger partial charge in [0.25, 0.3) is 0 Å². The third kappa shape index (κ3) is 1.76. The van der Waals surface area contributed by atoms with Crippen LogP contribution in [0, 0.1) is 11.3 Å². The van der Waals surface area contributed by atoms with Crippen molar-refractivity contribution in [2.45, 2.75) is 0 Å². The van der Waals surface area contributed by atoms with E-state index in [2.05, 4.69) is 9.97 Å². The molecule has 2 N–H and O–H groups in total. The Morgan fingerprint density at radius 1 is 1.20 bits per heavy atom. The normalized spacial score (nSPS) is 9.53. The molecule has 0 bridgehead atoms. The molecule has 0 unspecified atom stereocenters. The van der Waals surface area contributed by atoms with E-state index in [4.69, 9.17) is 11.0 Å². The summed E-state index contributed by atoms with van der Waals surface area (Å²) < 4.78 is 0. The number of nitriles is 1. The highest BCUT2D eigenvalue weighted by Gasteiger charge is 2.04. The standard InChI is InChI=1S/C11H8N4/c12-6-8-3-4-10(15-7-8)11-9(13)2-1-5-14-11/h1-5,7H,13H2. The lowest BCUT2D eigenvalue weighted by atomic mass is 10.2. The highest BCUT2D eigenvalue weighted by atomic mass is 14.8. The van der Waals surface area contributed by atoms with Crippen LogP contribution in [0.4, 0.5) is 5.69 Å². The van der Waals surface area contributed by atoms with E-state index >= 15 is 0 Å². The largest absolute Gasteiger partial charge is 0.397 e. The van der Waals surface area contributed by atoms with Crippen LogP contribution in [0.3, 0.4) is 0 Å². The number of anilines is 1. The van der Waals surface area contributed by atoms with Gasteiger partial charge in [0, 0.05) is 12.4 Å². The number of nitrogens with two attached hydrogens (primary N) is 1. The molecule has 0 radical (unpaired) electrons. The molecule has 0 aromatic carbocycles. The van der Waals surface area contributed by atoms with Gasteiger partial charge in [0.05, 0.1) is 16.9 Å². The van der Waals surface area contributed by atoms with Gasteiger partial charge in [0.2, 0.25) is 0 Å². The minimum absolute atomic E-state index is 0.522. The predicted octanol–water partition coefficient (Wildman–Crippen LogP) is 1.60. The summed E-state index contributed by atoms with van der Waals surface area (Å²) in [5.74, 6) is 0. The Bertz CT molecular complexity index is 511. The fourth-order valence-corrected chi connectivity index (χ4v) is 1.23. The van der Waals surface area contributed by atoms with Crippen LogP contribution in [0.1, 0.15) is 5.56 Å². The molecule has 15 heavy (non-hydrogen) atoms. The maximum Gasteiger partial charge on any atom is 0.111 e. The lowest BCUT2D eigenvalue weighted by Crippen LogP contribution is -1.94. The molecule has 2 rings (SSSR count). The number of rotatable bonds is 1. The molecule has 0 aliphatic carbocycles. The summed E-state index contributed by atoms with van der Waals surface area (Å²) in [6.07, 6.45) is 3.16. The summed E-state index contributed by atoms with van der Waals surface area (Å²) in [4.78, 5) is 8.25. The third-order valence-corrected chi connectivity index (χ3v) is 1.97. The maximum atomic E-state index is 8.62. The molecule has 0 aliphatic heterocycles. The van der Waals surface area contributed by atoms with Crippen molar-refractivity contribution in [1.82, 2.24) is 9.97 Å². The Morgan fingerprint density at radius 2 is 2.07 bits per heavy atom. The predicted molar refractivity (Wildman–Crippen MR) is 56.6 cm³/mol. The number of nitrogens with zero attached hydrogens (tertiary/aromatic N) is 3. The van der Waals surface area contributed by atoms with Gasteiger partial charge >= 0.3 is 0 Å². The van der Waals surface area contributed by atoms with E-state index in [1.165, 1.54) is 6.20 Å². The molecule has 72 valence electrons. The average molecular weight is 196 g/mol. The van der Waals surface area contributed by atoms with Crippen molar-refractivity contribution in [2.75, 3.05) is 5.73 Å². The fourth-order valence-electron chi connectivity index (χ4n) is 1.23. The molecule has 2 aromatic rings. The number of pyridine rings is 2. The van der Waals surface area contributed by atoms with Crippen molar-refractivity contribution >= 4 is 5.69 Å². The molecule has 4 heteroatoms. The Hall–Kier alpha value is -2.41. The van der Waals surface area contributed by atoms with Gasteiger partial charge in [0.15, 0.2) is 0 Å². The van der Waals surface area contributed by atoms with Crippen molar-refractivity contribution in [3.63, 3.8) is 0 Å². The van der Waals surface area contributed by atoms with Crippen LogP contribution in [-0.4, -0.2) is 9.97 Å². The first-order valence-corrected chi connectivity index (χ1v) is 4.38. The molecule has 0 atom stereocenters. The molecule has 0 spiro atoms. The van der Waals surface area contributed by atoms with E-state index in [1.54, 1.807) is 30.5 Å².